The van der Waals surface area contributed by atoms with Gasteiger partial charge in [-0.2, -0.15) is 0 Å². The molecule has 2 rings (SSSR count). The summed E-state index contributed by atoms with van der Waals surface area (Å²) in [5.74, 6) is -0.393. The molecule has 0 aliphatic rings. The fourth-order valence-corrected chi connectivity index (χ4v) is 1.61. The Balaban J connectivity index is 1.72. The van der Waals surface area contributed by atoms with Crippen molar-refractivity contribution in [3.8, 4) is 0 Å². The number of carbonyl (C=O) groups is 2. The van der Waals surface area contributed by atoms with E-state index in [0.29, 0.717) is 11.1 Å². The Hall–Kier alpha value is -2.30. The molecule has 2 aromatic rings. The number of hydrogen-bond acceptors (Lipinski definition) is 4. The van der Waals surface area contributed by atoms with Crippen molar-refractivity contribution in [1.29, 1.82) is 0 Å². The first-order valence-electron chi connectivity index (χ1n) is 6.18. The summed E-state index contributed by atoms with van der Waals surface area (Å²) in [5, 5.41) is 0. The Morgan fingerprint density at radius 3 is 1.35 bits per heavy atom. The second-order valence-electron chi connectivity index (χ2n) is 4.10. The minimum absolute atomic E-state index is 0.197. The van der Waals surface area contributed by atoms with Gasteiger partial charge in [-0.3, -0.25) is 9.59 Å². The lowest BCUT2D eigenvalue weighted by molar-refractivity contribution is -0.275. The van der Waals surface area contributed by atoms with Gasteiger partial charge in [0.1, 0.15) is 13.2 Å². The van der Waals surface area contributed by atoms with Crippen LogP contribution in [0.1, 0.15) is 20.7 Å². The smallest absolute Gasteiger partial charge is 0.191 e. The average molecular weight is 270 g/mol. The van der Waals surface area contributed by atoms with Crippen molar-refractivity contribution in [2.24, 2.45) is 0 Å². The quantitative estimate of drug-likeness (QED) is 0.336. The van der Waals surface area contributed by atoms with Gasteiger partial charge in [-0.15, -0.1) is 0 Å². The van der Waals surface area contributed by atoms with E-state index in [1.807, 2.05) is 12.1 Å². The van der Waals surface area contributed by atoms with Crippen molar-refractivity contribution in [2.45, 2.75) is 0 Å². The standard InChI is InChI=1S/C16H14O4/c17-15(13-7-3-1-4-8-13)11-19-20-12-16(18)14-9-5-2-6-10-14/h1-10H,11-12H2. The Labute approximate surface area is 116 Å². The number of hydrogen-bond donors (Lipinski definition) is 0. The van der Waals surface area contributed by atoms with Crippen molar-refractivity contribution >= 4 is 11.6 Å². The highest BCUT2D eigenvalue weighted by molar-refractivity contribution is 5.97. The molecule has 0 N–H and O–H groups in total. The van der Waals surface area contributed by atoms with E-state index in [4.69, 9.17) is 9.78 Å². The maximum Gasteiger partial charge on any atom is 0.191 e. The minimum Gasteiger partial charge on any atom is -0.291 e. The Morgan fingerprint density at radius 1 is 0.650 bits per heavy atom. The van der Waals surface area contributed by atoms with Crippen molar-refractivity contribution in [1.82, 2.24) is 0 Å². The van der Waals surface area contributed by atoms with Crippen LogP contribution in [-0.4, -0.2) is 24.8 Å². The summed E-state index contributed by atoms with van der Waals surface area (Å²) in [5.41, 5.74) is 1.09. The molecule has 0 saturated carbocycles. The van der Waals surface area contributed by atoms with Crippen LogP contribution < -0.4 is 0 Å². The van der Waals surface area contributed by atoms with Gasteiger partial charge in [0.25, 0.3) is 0 Å². The minimum atomic E-state index is -0.216. The fraction of sp³-hybridized carbons (Fsp3) is 0.125. The highest BCUT2D eigenvalue weighted by Crippen LogP contribution is 2.02. The fourth-order valence-electron chi connectivity index (χ4n) is 1.61. The molecule has 102 valence electrons. The lowest BCUT2D eigenvalue weighted by Gasteiger charge is -2.03. The van der Waals surface area contributed by atoms with Crippen LogP contribution in [0.2, 0.25) is 0 Å². The third-order valence-electron chi connectivity index (χ3n) is 2.65. The lowest BCUT2D eigenvalue weighted by atomic mass is 10.1. The highest BCUT2D eigenvalue weighted by atomic mass is 17.2. The average Bonchev–Trinajstić information content (AvgIpc) is 2.53. The van der Waals surface area contributed by atoms with Gasteiger partial charge in [0.2, 0.25) is 0 Å². The summed E-state index contributed by atoms with van der Waals surface area (Å²) in [4.78, 5) is 32.9. The van der Waals surface area contributed by atoms with Crippen molar-refractivity contribution in [3.05, 3.63) is 71.8 Å². The first-order chi connectivity index (χ1) is 9.77. The van der Waals surface area contributed by atoms with E-state index < -0.39 is 0 Å². The zero-order valence-corrected chi connectivity index (χ0v) is 10.8. The Morgan fingerprint density at radius 2 is 1.00 bits per heavy atom. The van der Waals surface area contributed by atoms with E-state index in [2.05, 4.69) is 0 Å². The molecule has 0 spiro atoms. The van der Waals surface area contributed by atoms with Crippen LogP contribution in [0.25, 0.3) is 0 Å². The molecule has 0 aromatic heterocycles. The molecular weight excluding hydrogens is 256 g/mol. The maximum absolute atomic E-state index is 11.7. The number of ketones is 2. The van der Waals surface area contributed by atoms with Gasteiger partial charge in [-0.1, -0.05) is 60.7 Å². The van der Waals surface area contributed by atoms with Crippen LogP contribution in [0.4, 0.5) is 0 Å². The topological polar surface area (TPSA) is 52.6 Å². The predicted molar refractivity (Wildman–Crippen MR) is 73.4 cm³/mol. The van der Waals surface area contributed by atoms with Crippen molar-refractivity contribution < 1.29 is 19.4 Å². The van der Waals surface area contributed by atoms with E-state index >= 15 is 0 Å². The Kier molecular flexibility index (Phi) is 5.17. The molecule has 2 aromatic carbocycles. The molecule has 0 bridgehead atoms. The number of Topliss-reactive ketones (excluding diaryl/α,β-unsaturated/α-hetero) is 2. The zero-order chi connectivity index (χ0) is 14.2. The van der Waals surface area contributed by atoms with E-state index in [9.17, 15) is 9.59 Å². The van der Waals surface area contributed by atoms with Crippen molar-refractivity contribution in [2.75, 3.05) is 13.2 Å². The highest BCUT2D eigenvalue weighted by Gasteiger charge is 2.08. The molecule has 0 amide bonds. The van der Waals surface area contributed by atoms with Gasteiger partial charge < -0.3 is 0 Å². The molecule has 0 fully saturated rings. The van der Waals surface area contributed by atoms with E-state index in [1.165, 1.54) is 0 Å². The summed E-state index contributed by atoms with van der Waals surface area (Å²) in [6.07, 6.45) is 0. The third kappa shape index (κ3) is 4.12. The van der Waals surface area contributed by atoms with Crippen LogP contribution >= 0.6 is 0 Å². The molecule has 0 saturated heterocycles. The largest absolute Gasteiger partial charge is 0.291 e. The molecule has 0 atom stereocenters. The molecule has 0 aliphatic carbocycles. The number of benzene rings is 2. The number of rotatable bonds is 7. The zero-order valence-electron chi connectivity index (χ0n) is 10.8. The van der Waals surface area contributed by atoms with Crippen LogP contribution in [-0.2, 0) is 9.78 Å². The van der Waals surface area contributed by atoms with Gasteiger partial charge in [-0.05, 0) is 0 Å². The summed E-state index contributed by atoms with van der Waals surface area (Å²) in [6, 6.07) is 17.5. The van der Waals surface area contributed by atoms with Crippen LogP contribution in [0.5, 0.6) is 0 Å². The molecule has 4 nitrogen and oxygen atoms in total. The van der Waals surface area contributed by atoms with E-state index in [1.54, 1.807) is 48.5 Å². The van der Waals surface area contributed by atoms with Gasteiger partial charge in [-0.25, -0.2) is 9.78 Å². The van der Waals surface area contributed by atoms with Gasteiger partial charge in [0.05, 0.1) is 0 Å². The monoisotopic (exact) mass is 270 g/mol. The van der Waals surface area contributed by atoms with E-state index in [0.717, 1.165) is 0 Å². The van der Waals surface area contributed by atoms with Gasteiger partial charge >= 0.3 is 0 Å². The molecule has 0 unspecified atom stereocenters. The summed E-state index contributed by atoms with van der Waals surface area (Å²) < 4.78 is 0. The van der Waals surface area contributed by atoms with E-state index in [-0.39, 0.29) is 24.8 Å². The second kappa shape index (κ2) is 7.33. The second-order valence-corrected chi connectivity index (χ2v) is 4.10. The first-order valence-corrected chi connectivity index (χ1v) is 6.18. The normalized spacial score (nSPS) is 10.2. The van der Waals surface area contributed by atoms with Crippen LogP contribution in [0.15, 0.2) is 60.7 Å². The molecule has 20 heavy (non-hydrogen) atoms. The van der Waals surface area contributed by atoms with Crippen LogP contribution in [0, 0.1) is 0 Å². The van der Waals surface area contributed by atoms with Crippen LogP contribution in [0.3, 0.4) is 0 Å². The summed E-state index contributed by atoms with van der Waals surface area (Å²) in [6.45, 7) is -0.432. The third-order valence-corrected chi connectivity index (χ3v) is 2.65. The first kappa shape index (κ1) is 14.1. The summed E-state index contributed by atoms with van der Waals surface area (Å²) in [7, 11) is 0. The Bertz CT molecular complexity index is 510. The van der Waals surface area contributed by atoms with Gasteiger partial charge in [0, 0.05) is 11.1 Å². The number of carbonyl (C=O) groups excluding carboxylic acids is 2. The molecule has 0 heterocycles. The molecule has 4 heteroatoms. The lowest BCUT2D eigenvalue weighted by Crippen LogP contribution is -2.14. The molecule has 0 radical (unpaired) electrons. The predicted octanol–water partition coefficient (Wildman–Crippen LogP) is 2.70. The van der Waals surface area contributed by atoms with Gasteiger partial charge in [0.15, 0.2) is 11.6 Å². The maximum atomic E-state index is 11.7. The SMILES string of the molecule is O=C(COOCC(=O)c1ccccc1)c1ccccc1. The molecular formula is C16H14O4. The summed E-state index contributed by atoms with van der Waals surface area (Å²) >= 11 is 0. The van der Waals surface area contributed by atoms with Crippen molar-refractivity contribution in [3.63, 3.8) is 0 Å². The molecule has 0 aliphatic heterocycles.